The number of aromatic nitrogens is 4. The van der Waals surface area contributed by atoms with Crippen molar-refractivity contribution in [3.8, 4) is 11.4 Å². The van der Waals surface area contributed by atoms with Crippen LogP contribution in [0, 0.1) is 16.0 Å². The molecule has 8 heteroatoms. The molecule has 3 rings (SSSR count). The SMILES string of the molecule is C[C@H]1CCCN(c2ccc([N+](=O)[O-])cc2-c2nn[nH]n2)C1. The minimum absolute atomic E-state index is 0.0311. The molecule has 1 fully saturated rings. The van der Waals surface area contributed by atoms with Gasteiger partial charge >= 0.3 is 0 Å². The van der Waals surface area contributed by atoms with Gasteiger partial charge in [-0.05, 0) is 30.0 Å². The lowest BCUT2D eigenvalue weighted by atomic mass is 9.98. The quantitative estimate of drug-likeness (QED) is 0.684. The summed E-state index contributed by atoms with van der Waals surface area (Å²) in [6, 6.07) is 4.82. The molecule has 21 heavy (non-hydrogen) atoms. The van der Waals surface area contributed by atoms with Crippen LogP contribution in [0.1, 0.15) is 19.8 Å². The van der Waals surface area contributed by atoms with E-state index in [-0.39, 0.29) is 5.69 Å². The Hall–Kier alpha value is -2.51. The molecule has 0 aliphatic carbocycles. The molecule has 0 radical (unpaired) electrons. The van der Waals surface area contributed by atoms with Gasteiger partial charge in [-0.3, -0.25) is 10.1 Å². The largest absolute Gasteiger partial charge is 0.371 e. The molecule has 1 atom stereocenters. The average Bonchev–Trinajstić information content (AvgIpc) is 3.00. The number of hydrogen-bond acceptors (Lipinski definition) is 6. The van der Waals surface area contributed by atoms with Gasteiger partial charge in [0.1, 0.15) is 0 Å². The standard InChI is InChI=1S/C13H16N6O2/c1-9-3-2-6-18(8-9)12-5-4-10(19(20)21)7-11(12)13-14-16-17-15-13/h4-5,7,9H,2-3,6,8H2,1H3,(H,14,15,16,17)/t9-/m0/s1. The summed E-state index contributed by atoms with van der Waals surface area (Å²) in [5.41, 5.74) is 1.60. The molecule has 2 aromatic rings. The first-order valence-corrected chi connectivity index (χ1v) is 6.92. The Morgan fingerprint density at radius 3 is 3.00 bits per heavy atom. The summed E-state index contributed by atoms with van der Waals surface area (Å²) in [5, 5.41) is 24.9. The number of nitro benzene ring substituents is 1. The van der Waals surface area contributed by atoms with Gasteiger partial charge in [0.2, 0.25) is 5.82 Å². The summed E-state index contributed by atoms with van der Waals surface area (Å²) in [5.74, 6) is 0.985. The van der Waals surface area contributed by atoms with E-state index in [0.717, 1.165) is 25.2 Å². The van der Waals surface area contributed by atoms with Gasteiger partial charge in [0.15, 0.2) is 0 Å². The number of rotatable bonds is 3. The molecule has 0 saturated carbocycles. The average molecular weight is 288 g/mol. The van der Waals surface area contributed by atoms with Gasteiger partial charge in [0.25, 0.3) is 5.69 Å². The van der Waals surface area contributed by atoms with Crippen molar-refractivity contribution in [3.63, 3.8) is 0 Å². The van der Waals surface area contributed by atoms with Crippen LogP contribution in [0.2, 0.25) is 0 Å². The van der Waals surface area contributed by atoms with E-state index in [1.165, 1.54) is 18.6 Å². The maximum Gasteiger partial charge on any atom is 0.270 e. The first-order valence-electron chi connectivity index (χ1n) is 6.92. The van der Waals surface area contributed by atoms with E-state index in [1.54, 1.807) is 6.07 Å². The fraction of sp³-hybridized carbons (Fsp3) is 0.462. The number of nitro groups is 1. The van der Waals surface area contributed by atoms with Crippen molar-refractivity contribution >= 4 is 11.4 Å². The van der Waals surface area contributed by atoms with Crippen LogP contribution in [0.5, 0.6) is 0 Å². The number of piperidine rings is 1. The molecule has 0 bridgehead atoms. The molecule has 1 aromatic heterocycles. The maximum absolute atomic E-state index is 11.0. The van der Waals surface area contributed by atoms with E-state index in [1.807, 2.05) is 0 Å². The van der Waals surface area contributed by atoms with Crippen molar-refractivity contribution in [2.45, 2.75) is 19.8 Å². The highest BCUT2D eigenvalue weighted by Gasteiger charge is 2.23. The van der Waals surface area contributed by atoms with Crippen molar-refractivity contribution in [1.82, 2.24) is 20.6 Å². The van der Waals surface area contributed by atoms with Crippen molar-refractivity contribution in [2.75, 3.05) is 18.0 Å². The van der Waals surface area contributed by atoms with E-state index in [4.69, 9.17) is 0 Å². The lowest BCUT2D eigenvalue weighted by molar-refractivity contribution is -0.384. The summed E-state index contributed by atoms with van der Waals surface area (Å²) in [6.45, 7) is 4.08. The Balaban J connectivity index is 2.04. The molecular formula is C13H16N6O2. The Kier molecular flexibility index (Phi) is 3.51. The van der Waals surface area contributed by atoms with Crippen LogP contribution in [-0.4, -0.2) is 38.6 Å². The molecule has 1 aromatic carbocycles. The molecule has 1 saturated heterocycles. The minimum Gasteiger partial charge on any atom is -0.371 e. The van der Waals surface area contributed by atoms with Gasteiger partial charge in [0, 0.05) is 30.9 Å². The Morgan fingerprint density at radius 2 is 2.33 bits per heavy atom. The highest BCUT2D eigenvalue weighted by molar-refractivity contribution is 5.76. The number of hydrogen-bond donors (Lipinski definition) is 1. The second-order valence-electron chi connectivity index (χ2n) is 5.39. The van der Waals surface area contributed by atoms with E-state index < -0.39 is 4.92 Å². The second kappa shape index (κ2) is 5.47. The summed E-state index contributed by atoms with van der Waals surface area (Å²) in [7, 11) is 0. The fourth-order valence-corrected chi connectivity index (χ4v) is 2.78. The highest BCUT2D eigenvalue weighted by atomic mass is 16.6. The van der Waals surface area contributed by atoms with Crippen LogP contribution in [0.4, 0.5) is 11.4 Å². The number of benzene rings is 1. The number of nitrogens with one attached hydrogen (secondary N) is 1. The van der Waals surface area contributed by atoms with E-state index >= 15 is 0 Å². The molecule has 2 heterocycles. The molecule has 1 N–H and O–H groups in total. The van der Waals surface area contributed by atoms with Gasteiger partial charge in [-0.25, -0.2) is 0 Å². The first-order chi connectivity index (χ1) is 10.1. The number of nitrogens with zero attached hydrogens (tertiary/aromatic N) is 5. The van der Waals surface area contributed by atoms with Crippen LogP contribution >= 0.6 is 0 Å². The number of non-ortho nitro benzene ring substituents is 1. The van der Waals surface area contributed by atoms with E-state index in [0.29, 0.717) is 17.3 Å². The zero-order valence-electron chi connectivity index (χ0n) is 11.7. The topological polar surface area (TPSA) is 101 Å². The highest BCUT2D eigenvalue weighted by Crippen LogP contribution is 2.34. The van der Waals surface area contributed by atoms with Crippen molar-refractivity contribution in [2.24, 2.45) is 5.92 Å². The molecule has 0 unspecified atom stereocenters. The molecule has 0 amide bonds. The summed E-state index contributed by atoms with van der Waals surface area (Å²) in [6.07, 6.45) is 2.32. The van der Waals surface area contributed by atoms with Crippen molar-refractivity contribution in [1.29, 1.82) is 0 Å². The zero-order chi connectivity index (χ0) is 14.8. The number of H-pyrrole nitrogens is 1. The second-order valence-corrected chi connectivity index (χ2v) is 5.39. The minimum atomic E-state index is -0.411. The van der Waals surface area contributed by atoms with Gasteiger partial charge in [0.05, 0.1) is 10.5 Å². The van der Waals surface area contributed by atoms with Crippen LogP contribution in [-0.2, 0) is 0 Å². The van der Waals surface area contributed by atoms with Crippen molar-refractivity contribution in [3.05, 3.63) is 28.3 Å². The van der Waals surface area contributed by atoms with E-state index in [9.17, 15) is 10.1 Å². The third-order valence-electron chi connectivity index (χ3n) is 3.77. The molecule has 1 aliphatic heterocycles. The fourth-order valence-electron chi connectivity index (χ4n) is 2.78. The first kappa shape index (κ1) is 13.5. The summed E-state index contributed by atoms with van der Waals surface area (Å²) in [4.78, 5) is 12.8. The lowest BCUT2D eigenvalue weighted by Gasteiger charge is -2.33. The summed E-state index contributed by atoms with van der Waals surface area (Å²) >= 11 is 0. The van der Waals surface area contributed by atoms with Crippen LogP contribution < -0.4 is 4.90 Å². The number of anilines is 1. The normalized spacial score (nSPS) is 18.7. The lowest BCUT2D eigenvalue weighted by Crippen LogP contribution is -2.34. The number of tetrazole rings is 1. The predicted molar refractivity (Wildman–Crippen MR) is 76.9 cm³/mol. The molecule has 1 aliphatic rings. The monoisotopic (exact) mass is 288 g/mol. The summed E-state index contributed by atoms with van der Waals surface area (Å²) < 4.78 is 0. The number of aromatic amines is 1. The molecule has 8 nitrogen and oxygen atoms in total. The zero-order valence-corrected chi connectivity index (χ0v) is 11.7. The van der Waals surface area contributed by atoms with Gasteiger partial charge < -0.3 is 4.90 Å². The van der Waals surface area contributed by atoms with E-state index in [2.05, 4.69) is 32.4 Å². The maximum atomic E-state index is 11.0. The van der Waals surface area contributed by atoms with Crippen LogP contribution in [0.25, 0.3) is 11.4 Å². The van der Waals surface area contributed by atoms with Gasteiger partial charge in [-0.1, -0.05) is 6.92 Å². The van der Waals surface area contributed by atoms with Crippen molar-refractivity contribution < 1.29 is 4.92 Å². The Morgan fingerprint density at radius 1 is 1.48 bits per heavy atom. The Bertz CT molecular complexity index is 642. The molecule has 110 valence electrons. The Labute approximate surface area is 121 Å². The smallest absolute Gasteiger partial charge is 0.270 e. The van der Waals surface area contributed by atoms with Gasteiger partial charge in [-0.15, -0.1) is 10.2 Å². The molecule has 0 spiro atoms. The van der Waals surface area contributed by atoms with Crippen LogP contribution in [0.15, 0.2) is 18.2 Å². The van der Waals surface area contributed by atoms with Gasteiger partial charge in [-0.2, -0.15) is 5.21 Å². The molecular weight excluding hydrogens is 272 g/mol. The third kappa shape index (κ3) is 2.69. The predicted octanol–water partition coefficient (Wildman–Crippen LogP) is 2.01. The van der Waals surface area contributed by atoms with Crippen LogP contribution in [0.3, 0.4) is 0 Å². The third-order valence-corrected chi connectivity index (χ3v) is 3.77.